The van der Waals surface area contributed by atoms with Gasteiger partial charge in [0.2, 0.25) is 5.88 Å². The van der Waals surface area contributed by atoms with Crippen molar-refractivity contribution < 1.29 is 13.7 Å². The van der Waals surface area contributed by atoms with E-state index < -0.39 is 5.82 Å². The Balaban J connectivity index is 2.04. The van der Waals surface area contributed by atoms with E-state index in [2.05, 4.69) is 10.1 Å². The summed E-state index contributed by atoms with van der Waals surface area (Å²) in [5, 5.41) is 4.36. The van der Waals surface area contributed by atoms with Gasteiger partial charge in [-0.15, -0.1) is 0 Å². The van der Waals surface area contributed by atoms with E-state index in [-0.39, 0.29) is 18.0 Å². The first kappa shape index (κ1) is 23.5. The van der Waals surface area contributed by atoms with Gasteiger partial charge in [0.25, 0.3) is 5.91 Å². The van der Waals surface area contributed by atoms with E-state index in [1.54, 1.807) is 17.0 Å². The van der Waals surface area contributed by atoms with Crippen LogP contribution in [0.3, 0.4) is 0 Å². The fraction of sp³-hybridized carbons (Fsp3) is 0.360. The van der Waals surface area contributed by atoms with Crippen molar-refractivity contribution >= 4 is 11.8 Å². The zero-order valence-corrected chi connectivity index (χ0v) is 19.2. The SMILES string of the molecule is CCN(CC)c1onc(-c2ccccc2)c1CN(CCN(C)C)C(=O)c1ccccc1F. The third-order valence-corrected chi connectivity index (χ3v) is 5.42. The average molecular weight is 439 g/mol. The van der Waals surface area contributed by atoms with Gasteiger partial charge in [-0.2, -0.15) is 0 Å². The van der Waals surface area contributed by atoms with Gasteiger partial charge < -0.3 is 19.2 Å². The van der Waals surface area contributed by atoms with E-state index in [1.807, 2.05) is 63.2 Å². The first-order valence-electron chi connectivity index (χ1n) is 10.9. The second-order valence-electron chi connectivity index (χ2n) is 7.86. The molecule has 1 heterocycles. The summed E-state index contributed by atoms with van der Waals surface area (Å²) < 4.78 is 20.2. The van der Waals surface area contributed by atoms with Crippen molar-refractivity contribution in [2.75, 3.05) is 45.2 Å². The molecule has 7 heteroatoms. The highest BCUT2D eigenvalue weighted by Crippen LogP contribution is 2.32. The van der Waals surface area contributed by atoms with Crippen molar-refractivity contribution in [3.05, 3.63) is 71.5 Å². The van der Waals surface area contributed by atoms with Crippen LogP contribution < -0.4 is 4.90 Å². The minimum absolute atomic E-state index is 0.0633. The van der Waals surface area contributed by atoms with Gasteiger partial charge in [0.05, 0.1) is 17.7 Å². The largest absolute Gasteiger partial charge is 0.341 e. The zero-order valence-electron chi connectivity index (χ0n) is 19.2. The molecule has 0 bridgehead atoms. The van der Waals surface area contributed by atoms with E-state index in [1.165, 1.54) is 12.1 Å². The molecule has 0 atom stereocenters. The average Bonchev–Trinajstić information content (AvgIpc) is 3.21. The Morgan fingerprint density at radius 1 is 0.969 bits per heavy atom. The molecule has 2 aromatic carbocycles. The lowest BCUT2D eigenvalue weighted by Gasteiger charge is -2.26. The molecule has 1 amide bonds. The number of rotatable bonds is 10. The summed E-state index contributed by atoms with van der Waals surface area (Å²) in [5.41, 5.74) is 2.50. The minimum atomic E-state index is -0.523. The highest BCUT2D eigenvalue weighted by Gasteiger charge is 2.27. The van der Waals surface area contributed by atoms with E-state index in [0.29, 0.717) is 24.7 Å². The topological polar surface area (TPSA) is 52.8 Å². The predicted molar refractivity (Wildman–Crippen MR) is 125 cm³/mol. The van der Waals surface area contributed by atoms with Gasteiger partial charge in [-0.3, -0.25) is 4.79 Å². The van der Waals surface area contributed by atoms with Crippen LogP contribution in [0.2, 0.25) is 0 Å². The highest BCUT2D eigenvalue weighted by atomic mass is 19.1. The molecule has 170 valence electrons. The number of benzene rings is 2. The number of nitrogens with zero attached hydrogens (tertiary/aromatic N) is 4. The smallest absolute Gasteiger partial charge is 0.257 e. The quantitative estimate of drug-likeness (QED) is 0.466. The Kier molecular flexibility index (Phi) is 8.00. The summed E-state index contributed by atoms with van der Waals surface area (Å²) in [6.07, 6.45) is 0. The summed E-state index contributed by atoms with van der Waals surface area (Å²) in [6.45, 7) is 6.93. The maximum absolute atomic E-state index is 14.4. The highest BCUT2D eigenvalue weighted by molar-refractivity contribution is 5.94. The molecule has 0 saturated carbocycles. The summed E-state index contributed by atoms with van der Waals surface area (Å²) in [5.74, 6) is -0.231. The van der Waals surface area contributed by atoms with Crippen LogP contribution in [0.4, 0.5) is 10.3 Å². The fourth-order valence-electron chi connectivity index (χ4n) is 3.59. The lowest BCUT2D eigenvalue weighted by Crippen LogP contribution is -2.37. The number of anilines is 1. The van der Waals surface area contributed by atoms with Gasteiger partial charge in [-0.1, -0.05) is 47.6 Å². The molecule has 0 spiro atoms. The Hall–Kier alpha value is -3.19. The lowest BCUT2D eigenvalue weighted by molar-refractivity contribution is 0.0727. The first-order valence-corrected chi connectivity index (χ1v) is 10.9. The van der Waals surface area contributed by atoms with Gasteiger partial charge in [-0.25, -0.2) is 4.39 Å². The molecule has 1 aromatic heterocycles. The lowest BCUT2D eigenvalue weighted by atomic mass is 10.1. The molecule has 0 aliphatic heterocycles. The summed E-state index contributed by atoms with van der Waals surface area (Å²) in [7, 11) is 3.89. The second kappa shape index (κ2) is 10.9. The van der Waals surface area contributed by atoms with Crippen LogP contribution >= 0.6 is 0 Å². The molecule has 0 aliphatic carbocycles. The number of hydrogen-bond donors (Lipinski definition) is 0. The van der Waals surface area contributed by atoms with Crippen molar-refractivity contribution in [1.29, 1.82) is 0 Å². The van der Waals surface area contributed by atoms with Crippen molar-refractivity contribution in [3.63, 3.8) is 0 Å². The standard InChI is InChI=1S/C25H31FN4O2/c1-5-29(6-2)25-21(23(27-32-25)19-12-8-7-9-13-19)18-30(17-16-28(3)4)24(31)20-14-10-11-15-22(20)26/h7-15H,5-6,16-18H2,1-4H3. The molecule has 6 nitrogen and oxygen atoms in total. The van der Waals surface area contributed by atoms with Crippen LogP contribution in [0.5, 0.6) is 0 Å². The number of hydrogen-bond acceptors (Lipinski definition) is 5. The monoisotopic (exact) mass is 438 g/mol. The summed E-state index contributed by atoms with van der Waals surface area (Å²) in [4.78, 5) is 19.1. The number of likely N-dealkylation sites (N-methyl/N-ethyl adjacent to an activating group) is 1. The zero-order chi connectivity index (χ0) is 23.1. The number of amides is 1. The van der Waals surface area contributed by atoms with Crippen LogP contribution in [0, 0.1) is 5.82 Å². The molecule has 0 aliphatic rings. The number of halogens is 1. The van der Waals surface area contributed by atoms with Crippen LogP contribution in [0.1, 0.15) is 29.8 Å². The first-order chi connectivity index (χ1) is 15.5. The van der Waals surface area contributed by atoms with E-state index in [9.17, 15) is 9.18 Å². The number of aromatic nitrogens is 1. The Morgan fingerprint density at radius 3 is 2.25 bits per heavy atom. The Labute approximate surface area is 189 Å². The third kappa shape index (κ3) is 5.34. The molecule has 0 unspecified atom stereocenters. The van der Waals surface area contributed by atoms with Gasteiger partial charge in [0, 0.05) is 31.7 Å². The molecule has 3 aromatic rings. The van der Waals surface area contributed by atoms with Crippen LogP contribution in [-0.2, 0) is 6.54 Å². The van der Waals surface area contributed by atoms with Gasteiger partial charge in [0.1, 0.15) is 11.5 Å². The predicted octanol–water partition coefficient (Wildman–Crippen LogP) is 4.53. The van der Waals surface area contributed by atoms with Crippen molar-refractivity contribution in [1.82, 2.24) is 15.0 Å². The second-order valence-corrected chi connectivity index (χ2v) is 7.86. The third-order valence-electron chi connectivity index (χ3n) is 5.42. The molecule has 3 rings (SSSR count). The summed E-state index contributed by atoms with van der Waals surface area (Å²) in [6, 6.07) is 15.9. The minimum Gasteiger partial charge on any atom is -0.341 e. The van der Waals surface area contributed by atoms with Gasteiger partial charge >= 0.3 is 0 Å². The molecule has 0 saturated heterocycles. The maximum atomic E-state index is 14.4. The molecule has 0 N–H and O–H groups in total. The van der Waals surface area contributed by atoms with Crippen molar-refractivity contribution in [2.45, 2.75) is 20.4 Å². The van der Waals surface area contributed by atoms with Crippen LogP contribution in [0.15, 0.2) is 59.1 Å². The molecular formula is C25H31FN4O2. The summed E-state index contributed by atoms with van der Waals surface area (Å²) >= 11 is 0. The normalized spacial score (nSPS) is 11.1. The van der Waals surface area contributed by atoms with E-state index in [4.69, 9.17) is 4.52 Å². The number of carbonyl (C=O) groups is 1. The molecule has 32 heavy (non-hydrogen) atoms. The van der Waals surface area contributed by atoms with Gasteiger partial charge in [0.15, 0.2) is 0 Å². The maximum Gasteiger partial charge on any atom is 0.257 e. The van der Waals surface area contributed by atoms with E-state index in [0.717, 1.165) is 24.2 Å². The van der Waals surface area contributed by atoms with Crippen molar-refractivity contribution in [2.24, 2.45) is 0 Å². The van der Waals surface area contributed by atoms with Crippen LogP contribution in [-0.4, -0.2) is 61.1 Å². The Morgan fingerprint density at radius 2 is 1.62 bits per heavy atom. The number of carbonyl (C=O) groups excluding carboxylic acids is 1. The molecule has 0 fully saturated rings. The molecule has 0 radical (unpaired) electrons. The Bertz CT molecular complexity index is 1020. The van der Waals surface area contributed by atoms with Crippen molar-refractivity contribution in [3.8, 4) is 11.3 Å². The fourth-order valence-corrected chi connectivity index (χ4v) is 3.59. The molecular weight excluding hydrogens is 407 g/mol. The van der Waals surface area contributed by atoms with E-state index >= 15 is 0 Å². The van der Waals surface area contributed by atoms with Crippen LogP contribution in [0.25, 0.3) is 11.3 Å². The van der Waals surface area contributed by atoms with Gasteiger partial charge in [-0.05, 0) is 40.1 Å².